The first kappa shape index (κ1) is 14.2. The van der Waals surface area contributed by atoms with Gasteiger partial charge in [0.1, 0.15) is 0 Å². The van der Waals surface area contributed by atoms with Gasteiger partial charge in [-0.05, 0) is 51.3 Å². The number of rotatable bonds is 4. The molecule has 0 amide bonds. The predicted molar refractivity (Wildman–Crippen MR) is 76.4 cm³/mol. The van der Waals surface area contributed by atoms with Crippen molar-refractivity contribution in [3.05, 3.63) is 16.8 Å². The van der Waals surface area contributed by atoms with Crippen LogP contribution >= 0.6 is 15.9 Å². The fourth-order valence-corrected chi connectivity index (χ4v) is 3.18. The second-order valence-electron chi connectivity index (χ2n) is 5.41. The maximum atomic E-state index is 11.7. The number of aliphatic carboxylic acids is 1. The highest BCUT2D eigenvalue weighted by Crippen LogP contribution is 2.38. The molecule has 3 rings (SSSR count). The summed E-state index contributed by atoms with van der Waals surface area (Å²) in [6.07, 6.45) is 4.25. The van der Waals surface area contributed by atoms with E-state index in [1.807, 2.05) is 0 Å². The van der Waals surface area contributed by atoms with Crippen molar-refractivity contribution in [3.63, 3.8) is 0 Å². The first-order valence-corrected chi connectivity index (χ1v) is 7.65. The third-order valence-corrected chi connectivity index (χ3v) is 4.47. The van der Waals surface area contributed by atoms with Crippen LogP contribution in [0.1, 0.15) is 32.1 Å². The normalized spacial score (nSPS) is 17.8. The molecule has 0 bridgehead atoms. The van der Waals surface area contributed by atoms with Crippen molar-refractivity contribution in [1.29, 1.82) is 0 Å². The standard InChI is InChI=1S/C13H15BrN4O3/c14-10-5-4-9(21-10)11-15-16-17-18(11)8-13(12(19)20)6-2-1-3-7-13/h4-5H,1-3,6-8H2,(H,19,20). The van der Waals surface area contributed by atoms with Crippen molar-refractivity contribution >= 4 is 21.9 Å². The predicted octanol–water partition coefficient (Wildman–Crippen LogP) is 2.73. The summed E-state index contributed by atoms with van der Waals surface area (Å²) >= 11 is 3.24. The van der Waals surface area contributed by atoms with Gasteiger partial charge in [0, 0.05) is 0 Å². The summed E-state index contributed by atoms with van der Waals surface area (Å²) in [7, 11) is 0. The highest BCUT2D eigenvalue weighted by atomic mass is 79.9. The molecule has 21 heavy (non-hydrogen) atoms. The van der Waals surface area contributed by atoms with E-state index in [2.05, 4.69) is 31.5 Å². The Kier molecular flexibility index (Phi) is 3.79. The molecular weight excluding hydrogens is 340 g/mol. The maximum Gasteiger partial charge on any atom is 0.311 e. The van der Waals surface area contributed by atoms with Gasteiger partial charge in [0.05, 0.1) is 12.0 Å². The van der Waals surface area contributed by atoms with Crippen molar-refractivity contribution in [1.82, 2.24) is 20.2 Å². The van der Waals surface area contributed by atoms with E-state index in [1.165, 1.54) is 4.68 Å². The van der Waals surface area contributed by atoms with Crippen LogP contribution in [0.2, 0.25) is 0 Å². The number of carboxylic acid groups (broad SMARTS) is 1. The van der Waals surface area contributed by atoms with Crippen LogP contribution < -0.4 is 0 Å². The second kappa shape index (κ2) is 5.59. The van der Waals surface area contributed by atoms with Gasteiger partial charge < -0.3 is 9.52 Å². The molecule has 7 nitrogen and oxygen atoms in total. The van der Waals surface area contributed by atoms with E-state index < -0.39 is 11.4 Å². The van der Waals surface area contributed by atoms with Crippen LogP contribution in [0.5, 0.6) is 0 Å². The third kappa shape index (κ3) is 2.72. The molecule has 0 aliphatic heterocycles. The molecule has 1 N–H and O–H groups in total. The van der Waals surface area contributed by atoms with Crippen molar-refractivity contribution < 1.29 is 14.3 Å². The quantitative estimate of drug-likeness (QED) is 0.906. The Morgan fingerprint density at radius 1 is 1.38 bits per heavy atom. The molecule has 0 spiro atoms. The van der Waals surface area contributed by atoms with Gasteiger partial charge in [-0.3, -0.25) is 4.79 Å². The van der Waals surface area contributed by atoms with Crippen LogP contribution in [-0.4, -0.2) is 31.3 Å². The Balaban J connectivity index is 1.91. The topological polar surface area (TPSA) is 94.0 Å². The number of halogens is 1. The van der Waals surface area contributed by atoms with Crippen molar-refractivity contribution in [3.8, 4) is 11.6 Å². The van der Waals surface area contributed by atoms with Crippen LogP contribution in [-0.2, 0) is 11.3 Å². The number of furan rings is 1. The van der Waals surface area contributed by atoms with Crippen LogP contribution in [0.15, 0.2) is 21.2 Å². The zero-order valence-electron chi connectivity index (χ0n) is 11.3. The number of hydrogen-bond donors (Lipinski definition) is 1. The minimum absolute atomic E-state index is 0.267. The fraction of sp³-hybridized carbons (Fsp3) is 0.538. The number of carbonyl (C=O) groups is 1. The van der Waals surface area contributed by atoms with E-state index in [4.69, 9.17) is 4.42 Å². The molecule has 1 aliphatic carbocycles. The Hall–Kier alpha value is -1.70. The molecule has 0 atom stereocenters. The highest BCUT2D eigenvalue weighted by Gasteiger charge is 2.41. The molecule has 0 radical (unpaired) electrons. The summed E-state index contributed by atoms with van der Waals surface area (Å²) in [6.45, 7) is 0.267. The summed E-state index contributed by atoms with van der Waals surface area (Å²) in [6, 6.07) is 3.50. The zero-order valence-corrected chi connectivity index (χ0v) is 12.9. The van der Waals surface area contributed by atoms with E-state index in [0.717, 1.165) is 19.3 Å². The molecule has 1 fully saturated rings. The fourth-order valence-electron chi connectivity index (χ4n) is 2.88. The minimum Gasteiger partial charge on any atom is -0.481 e. The SMILES string of the molecule is O=C(O)C1(Cn2nnnc2-c2ccc(Br)o2)CCCCC1. The molecule has 1 aliphatic rings. The van der Waals surface area contributed by atoms with Crippen LogP contribution in [0.25, 0.3) is 11.6 Å². The van der Waals surface area contributed by atoms with Gasteiger partial charge in [-0.2, -0.15) is 0 Å². The lowest BCUT2D eigenvalue weighted by atomic mass is 9.74. The van der Waals surface area contributed by atoms with E-state index in [9.17, 15) is 9.90 Å². The first-order valence-electron chi connectivity index (χ1n) is 6.86. The molecule has 8 heteroatoms. The van der Waals surface area contributed by atoms with Gasteiger partial charge in [-0.25, -0.2) is 4.68 Å². The average molecular weight is 355 g/mol. The molecule has 0 unspecified atom stereocenters. The number of nitrogens with zero attached hydrogens (tertiary/aromatic N) is 4. The molecule has 112 valence electrons. The lowest BCUT2D eigenvalue weighted by molar-refractivity contribution is -0.152. The number of aromatic nitrogens is 4. The van der Waals surface area contributed by atoms with Crippen LogP contribution in [0, 0.1) is 5.41 Å². The summed E-state index contributed by atoms with van der Waals surface area (Å²) in [5.74, 6) is 0.194. The average Bonchev–Trinajstić information content (AvgIpc) is 3.08. The molecule has 2 heterocycles. The second-order valence-corrected chi connectivity index (χ2v) is 6.19. The number of hydrogen-bond acceptors (Lipinski definition) is 5. The summed E-state index contributed by atoms with van der Waals surface area (Å²) < 4.78 is 7.57. The molecular formula is C13H15BrN4O3. The highest BCUT2D eigenvalue weighted by molar-refractivity contribution is 9.10. The van der Waals surface area contributed by atoms with E-state index in [1.54, 1.807) is 12.1 Å². The Bertz CT molecular complexity index is 645. The van der Waals surface area contributed by atoms with Crippen molar-refractivity contribution in [2.24, 2.45) is 5.41 Å². The van der Waals surface area contributed by atoms with Gasteiger partial charge in [-0.1, -0.05) is 19.3 Å². The Morgan fingerprint density at radius 2 is 2.14 bits per heavy atom. The Morgan fingerprint density at radius 3 is 2.76 bits per heavy atom. The largest absolute Gasteiger partial charge is 0.481 e. The van der Waals surface area contributed by atoms with Gasteiger partial charge in [-0.15, -0.1) is 5.10 Å². The van der Waals surface area contributed by atoms with Crippen molar-refractivity contribution in [2.75, 3.05) is 0 Å². The lowest BCUT2D eigenvalue weighted by Crippen LogP contribution is -2.38. The van der Waals surface area contributed by atoms with Gasteiger partial charge in [0.15, 0.2) is 10.4 Å². The number of carboxylic acids is 1. The van der Waals surface area contributed by atoms with Crippen LogP contribution in [0.4, 0.5) is 0 Å². The molecule has 2 aromatic heterocycles. The third-order valence-electron chi connectivity index (χ3n) is 4.04. The molecule has 2 aromatic rings. The van der Waals surface area contributed by atoms with E-state index in [0.29, 0.717) is 29.1 Å². The maximum absolute atomic E-state index is 11.7. The Labute approximate surface area is 129 Å². The van der Waals surface area contributed by atoms with E-state index in [-0.39, 0.29) is 6.54 Å². The van der Waals surface area contributed by atoms with Gasteiger partial charge >= 0.3 is 5.97 Å². The first-order chi connectivity index (χ1) is 10.1. The van der Waals surface area contributed by atoms with Crippen molar-refractivity contribution in [2.45, 2.75) is 38.6 Å². The van der Waals surface area contributed by atoms with E-state index >= 15 is 0 Å². The summed E-state index contributed by atoms with van der Waals surface area (Å²) in [5, 5.41) is 21.2. The summed E-state index contributed by atoms with van der Waals surface area (Å²) in [5.41, 5.74) is -0.786. The minimum atomic E-state index is -0.786. The lowest BCUT2D eigenvalue weighted by Gasteiger charge is -2.32. The number of tetrazole rings is 1. The molecule has 1 saturated carbocycles. The van der Waals surface area contributed by atoms with Crippen LogP contribution in [0.3, 0.4) is 0 Å². The van der Waals surface area contributed by atoms with Gasteiger partial charge in [0.25, 0.3) is 0 Å². The summed E-state index contributed by atoms with van der Waals surface area (Å²) in [4.78, 5) is 11.7. The smallest absolute Gasteiger partial charge is 0.311 e. The molecule has 0 aromatic carbocycles. The zero-order chi connectivity index (χ0) is 14.9. The molecule has 0 saturated heterocycles. The monoisotopic (exact) mass is 354 g/mol. The van der Waals surface area contributed by atoms with Gasteiger partial charge in [0.2, 0.25) is 5.82 Å².